The topological polar surface area (TPSA) is 58.7 Å². The van der Waals surface area contributed by atoms with Crippen LogP contribution in [0, 0.1) is 0 Å². The number of ether oxygens (including phenoxy) is 1. The normalized spacial score (nSPS) is 32.6. The van der Waals surface area contributed by atoms with Crippen molar-refractivity contribution in [2.24, 2.45) is 5.73 Å². The fraction of sp³-hybridized carbons (Fsp3) is 1.00. The summed E-state index contributed by atoms with van der Waals surface area (Å²) in [6, 6.07) is 0. The lowest BCUT2D eigenvalue weighted by atomic mass is 9.95. The molecule has 0 spiro atoms. The van der Waals surface area contributed by atoms with Gasteiger partial charge >= 0.3 is 0 Å². The second-order valence-electron chi connectivity index (χ2n) is 5.60. The van der Waals surface area contributed by atoms with Gasteiger partial charge in [0, 0.05) is 19.6 Å². The van der Waals surface area contributed by atoms with Gasteiger partial charge < -0.3 is 15.6 Å². The van der Waals surface area contributed by atoms with E-state index in [-0.39, 0.29) is 0 Å². The van der Waals surface area contributed by atoms with Gasteiger partial charge in [-0.3, -0.25) is 4.90 Å². The third-order valence-corrected chi connectivity index (χ3v) is 4.27. The van der Waals surface area contributed by atoms with Gasteiger partial charge in [-0.05, 0) is 38.6 Å². The Morgan fingerprint density at radius 2 is 2.00 bits per heavy atom. The molecule has 2 aliphatic rings. The highest BCUT2D eigenvalue weighted by Gasteiger charge is 2.33. The molecule has 2 heterocycles. The molecule has 3 unspecified atom stereocenters. The van der Waals surface area contributed by atoms with E-state index in [1.54, 1.807) is 0 Å². The summed E-state index contributed by atoms with van der Waals surface area (Å²) in [4.78, 5) is 2.48. The first-order valence-electron chi connectivity index (χ1n) is 6.95. The van der Waals surface area contributed by atoms with E-state index in [9.17, 15) is 5.11 Å². The molecule has 17 heavy (non-hydrogen) atoms. The molecule has 0 radical (unpaired) electrons. The van der Waals surface area contributed by atoms with E-state index in [0.29, 0.717) is 18.8 Å². The number of hydrogen-bond donors (Lipinski definition) is 2. The first kappa shape index (κ1) is 13.3. The van der Waals surface area contributed by atoms with E-state index < -0.39 is 5.60 Å². The predicted molar refractivity (Wildman–Crippen MR) is 67.9 cm³/mol. The maximum absolute atomic E-state index is 10.1. The molecule has 0 amide bonds. The fourth-order valence-electron chi connectivity index (χ4n) is 2.94. The molecule has 3 N–H and O–H groups in total. The van der Waals surface area contributed by atoms with Gasteiger partial charge in [-0.1, -0.05) is 6.92 Å². The van der Waals surface area contributed by atoms with Gasteiger partial charge in [-0.15, -0.1) is 0 Å². The Labute approximate surface area is 104 Å². The van der Waals surface area contributed by atoms with E-state index >= 15 is 0 Å². The molecule has 4 nitrogen and oxygen atoms in total. The number of likely N-dealkylation sites (tertiary alicyclic amines) is 1. The van der Waals surface area contributed by atoms with Crippen molar-refractivity contribution in [2.45, 2.75) is 56.8 Å². The molecule has 2 aliphatic heterocycles. The Balaban J connectivity index is 1.68. The summed E-state index contributed by atoms with van der Waals surface area (Å²) in [7, 11) is 0. The number of morpholine rings is 1. The zero-order valence-corrected chi connectivity index (χ0v) is 10.9. The Bertz CT molecular complexity index is 232. The largest absolute Gasteiger partial charge is 0.389 e. The number of hydrogen-bond acceptors (Lipinski definition) is 4. The number of aliphatic hydroxyl groups is 1. The summed E-state index contributed by atoms with van der Waals surface area (Å²) in [5.41, 5.74) is 4.96. The molecule has 0 aliphatic carbocycles. The molecular formula is C13H26N2O2. The monoisotopic (exact) mass is 242 g/mol. The summed E-state index contributed by atoms with van der Waals surface area (Å²) in [5.74, 6) is 0. The van der Waals surface area contributed by atoms with Gasteiger partial charge in [0.05, 0.1) is 17.8 Å². The summed E-state index contributed by atoms with van der Waals surface area (Å²) in [5, 5.41) is 10.1. The molecule has 2 fully saturated rings. The molecule has 2 rings (SSSR count). The van der Waals surface area contributed by atoms with Crippen LogP contribution in [0.15, 0.2) is 0 Å². The minimum atomic E-state index is -0.648. The average Bonchev–Trinajstić information content (AvgIpc) is 2.68. The van der Waals surface area contributed by atoms with Crippen LogP contribution in [0.5, 0.6) is 0 Å². The molecule has 0 aromatic heterocycles. The smallest absolute Gasteiger partial charge is 0.0767 e. The fourth-order valence-corrected chi connectivity index (χ4v) is 2.94. The van der Waals surface area contributed by atoms with Gasteiger partial charge in [0.1, 0.15) is 0 Å². The zero-order valence-electron chi connectivity index (χ0n) is 10.9. The maximum Gasteiger partial charge on any atom is 0.0767 e. The lowest BCUT2D eigenvalue weighted by Crippen LogP contribution is -2.44. The molecular weight excluding hydrogens is 216 g/mol. The minimum Gasteiger partial charge on any atom is -0.389 e. The van der Waals surface area contributed by atoms with Gasteiger partial charge in [-0.2, -0.15) is 0 Å². The Morgan fingerprint density at radius 1 is 1.35 bits per heavy atom. The van der Waals surface area contributed by atoms with Crippen molar-refractivity contribution in [1.82, 2.24) is 4.90 Å². The third kappa shape index (κ3) is 3.41. The highest BCUT2D eigenvalue weighted by atomic mass is 16.5. The molecule has 0 aromatic rings. The standard InChI is InChI=1S/C13H26N2O2/c1-2-13(16,10-14)6-3-7-15-8-11-4-5-12(9-15)17-11/h11-12,16H,2-10,14H2,1H3. The highest BCUT2D eigenvalue weighted by Crippen LogP contribution is 2.26. The highest BCUT2D eigenvalue weighted by molar-refractivity contribution is 4.85. The maximum atomic E-state index is 10.1. The van der Waals surface area contributed by atoms with Crippen LogP contribution in [0.25, 0.3) is 0 Å². The van der Waals surface area contributed by atoms with Gasteiger partial charge in [-0.25, -0.2) is 0 Å². The van der Waals surface area contributed by atoms with Gasteiger partial charge in [0.15, 0.2) is 0 Å². The summed E-state index contributed by atoms with van der Waals surface area (Å²) in [6.45, 7) is 5.59. The molecule has 100 valence electrons. The van der Waals surface area contributed by atoms with Crippen molar-refractivity contribution in [3.8, 4) is 0 Å². The molecule has 0 saturated carbocycles. The lowest BCUT2D eigenvalue weighted by Gasteiger charge is -2.33. The first-order chi connectivity index (χ1) is 8.15. The summed E-state index contributed by atoms with van der Waals surface area (Å²) < 4.78 is 5.81. The predicted octanol–water partition coefficient (Wildman–Crippen LogP) is 0.730. The van der Waals surface area contributed by atoms with Crippen LogP contribution in [0.2, 0.25) is 0 Å². The van der Waals surface area contributed by atoms with Gasteiger partial charge in [0.25, 0.3) is 0 Å². The van der Waals surface area contributed by atoms with E-state index in [2.05, 4.69) is 4.90 Å². The van der Waals surface area contributed by atoms with E-state index in [1.165, 1.54) is 12.8 Å². The van der Waals surface area contributed by atoms with Crippen molar-refractivity contribution in [1.29, 1.82) is 0 Å². The Kier molecular flexibility index (Phi) is 4.42. The Hall–Kier alpha value is -0.160. The molecule has 3 atom stereocenters. The molecule has 4 heteroatoms. The number of nitrogens with two attached hydrogens (primary N) is 1. The van der Waals surface area contributed by atoms with Crippen LogP contribution in [0.4, 0.5) is 0 Å². The van der Waals surface area contributed by atoms with Crippen LogP contribution < -0.4 is 5.73 Å². The van der Waals surface area contributed by atoms with Crippen molar-refractivity contribution in [2.75, 3.05) is 26.2 Å². The van der Waals surface area contributed by atoms with Crippen molar-refractivity contribution in [3.63, 3.8) is 0 Å². The quantitative estimate of drug-likeness (QED) is 0.721. The Morgan fingerprint density at radius 3 is 2.53 bits per heavy atom. The molecule has 2 saturated heterocycles. The number of nitrogens with zero attached hydrogens (tertiary/aromatic N) is 1. The number of fused-ring (bicyclic) bond motifs is 2. The van der Waals surface area contributed by atoms with Crippen molar-refractivity contribution < 1.29 is 9.84 Å². The average molecular weight is 242 g/mol. The summed E-state index contributed by atoms with van der Waals surface area (Å²) >= 11 is 0. The van der Waals surface area contributed by atoms with Crippen LogP contribution in [-0.2, 0) is 4.74 Å². The second kappa shape index (κ2) is 5.65. The van der Waals surface area contributed by atoms with Gasteiger partial charge in [0.2, 0.25) is 0 Å². The summed E-state index contributed by atoms with van der Waals surface area (Å²) in [6.07, 6.45) is 5.97. The van der Waals surface area contributed by atoms with E-state index in [1.807, 2.05) is 6.92 Å². The first-order valence-corrected chi connectivity index (χ1v) is 6.95. The van der Waals surface area contributed by atoms with Crippen LogP contribution in [0.1, 0.15) is 39.0 Å². The van der Waals surface area contributed by atoms with E-state index in [4.69, 9.17) is 10.5 Å². The minimum absolute atomic E-state index is 0.373. The lowest BCUT2D eigenvalue weighted by molar-refractivity contribution is -0.0411. The zero-order chi connectivity index (χ0) is 12.3. The van der Waals surface area contributed by atoms with Crippen LogP contribution >= 0.6 is 0 Å². The van der Waals surface area contributed by atoms with Crippen LogP contribution in [-0.4, -0.2) is 54.0 Å². The van der Waals surface area contributed by atoms with E-state index in [0.717, 1.165) is 38.9 Å². The molecule has 2 bridgehead atoms. The number of rotatable bonds is 6. The third-order valence-electron chi connectivity index (χ3n) is 4.27. The van der Waals surface area contributed by atoms with Crippen LogP contribution in [0.3, 0.4) is 0 Å². The SMILES string of the molecule is CCC(O)(CN)CCCN1CC2CCC(C1)O2. The molecule has 0 aromatic carbocycles. The second-order valence-corrected chi connectivity index (χ2v) is 5.60. The van der Waals surface area contributed by atoms with Crippen molar-refractivity contribution >= 4 is 0 Å². The van der Waals surface area contributed by atoms with Crippen molar-refractivity contribution in [3.05, 3.63) is 0 Å².